The van der Waals surface area contributed by atoms with Crippen LogP contribution < -0.4 is 19.6 Å². The smallest absolute Gasteiger partial charge is 0.280 e. The molecule has 0 spiro atoms. The first-order valence-electron chi connectivity index (χ1n) is 8.10. The molecule has 2 aromatic rings. The molecule has 0 saturated heterocycles. The van der Waals surface area contributed by atoms with Crippen molar-refractivity contribution in [1.82, 2.24) is 5.43 Å². The highest BCUT2D eigenvalue weighted by Crippen LogP contribution is 2.25. The fraction of sp³-hybridized carbons (Fsp3) is 0.263. The van der Waals surface area contributed by atoms with Crippen LogP contribution in [0, 0.1) is 0 Å². The van der Waals surface area contributed by atoms with Crippen molar-refractivity contribution in [1.29, 1.82) is 0 Å². The highest BCUT2D eigenvalue weighted by Gasteiger charge is 2.15. The van der Waals surface area contributed by atoms with Crippen molar-refractivity contribution in [2.24, 2.45) is 5.10 Å². The predicted molar refractivity (Wildman–Crippen MR) is 104 cm³/mol. The van der Waals surface area contributed by atoms with Crippen LogP contribution in [0.15, 0.2) is 52.0 Å². The van der Waals surface area contributed by atoms with E-state index in [1.54, 1.807) is 38.3 Å². The molecule has 0 aromatic heterocycles. The summed E-state index contributed by atoms with van der Waals surface area (Å²) in [6.45, 7) is 4.07. The van der Waals surface area contributed by atoms with E-state index in [2.05, 4.69) is 26.5 Å². The summed E-state index contributed by atoms with van der Waals surface area (Å²) in [6.07, 6.45) is 0.804. The first-order chi connectivity index (χ1) is 12.5. The van der Waals surface area contributed by atoms with Gasteiger partial charge in [-0.3, -0.25) is 4.79 Å². The number of halogens is 1. The lowest BCUT2D eigenvalue weighted by molar-refractivity contribution is -0.127. The summed E-state index contributed by atoms with van der Waals surface area (Å²) >= 11 is 3.38. The molecule has 0 radical (unpaired) electrons. The zero-order chi connectivity index (χ0) is 18.9. The van der Waals surface area contributed by atoms with Crippen LogP contribution in [0.1, 0.15) is 19.4 Å². The van der Waals surface area contributed by atoms with E-state index in [-0.39, 0.29) is 5.91 Å². The molecule has 6 nitrogen and oxygen atoms in total. The van der Waals surface area contributed by atoms with Gasteiger partial charge < -0.3 is 14.2 Å². The van der Waals surface area contributed by atoms with Gasteiger partial charge in [0.1, 0.15) is 17.2 Å². The molecule has 1 unspecified atom stereocenters. The number of hydrazone groups is 1. The van der Waals surface area contributed by atoms with Crippen LogP contribution in [0.3, 0.4) is 0 Å². The van der Waals surface area contributed by atoms with Gasteiger partial charge in [-0.05, 0) is 60.1 Å². The maximum atomic E-state index is 12.2. The van der Waals surface area contributed by atoms with Crippen LogP contribution in [-0.4, -0.2) is 31.9 Å². The molecular formula is C19H21BrN2O4. The highest BCUT2D eigenvalue weighted by molar-refractivity contribution is 9.10. The van der Waals surface area contributed by atoms with Crippen LogP contribution in [0.2, 0.25) is 0 Å². The molecule has 1 amide bonds. The minimum atomic E-state index is -0.706. The standard InChI is InChI=1S/C19H21BrN2O4/c1-4-25-17-10-9-15(24-3)11-14(17)12-21-22-19(23)13(2)26-18-8-6-5-7-16(18)20/h5-13H,4H2,1-3H3,(H,22,23)/b21-12-. The van der Waals surface area contributed by atoms with Gasteiger partial charge in [0.05, 0.1) is 24.4 Å². The van der Waals surface area contributed by atoms with Gasteiger partial charge in [-0.15, -0.1) is 0 Å². The summed E-state index contributed by atoms with van der Waals surface area (Å²) in [4.78, 5) is 12.2. The first kappa shape index (κ1) is 19.8. The van der Waals surface area contributed by atoms with Gasteiger partial charge in [-0.25, -0.2) is 5.43 Å². The summed E-state index contributed by atoms with van der Waals surface area (Å²) in [5.74, 6) is 1.55. The number of rotatable bonds is 8. The molecule has 0 fully saturated rings. The van der Waals surface area contributed by atoms with Gasteiger partial charge in [0.15, 0.2) is 6.10 Å². The van der Waals surface area contributed by atoms with E-state index in [1.807, 2.05) is 25.1 Å². The second-order valence-electron chi connectivity index (χ2n) is 5.26. The number of hydrogen-bond acceptors (Lipinski definition) is 5. The van der Waals surface area contributed by atoms with Crippen LogP contribution in [-0.2, 0) is 4.79 Å². The normalized spacial score (nSPS) is 11.8. The molecule has 0 aliphatic heterocycles. The van der Waals surface area contributed by atoms with E-state index in [9.17, 15) is 4.79 Å². The lowest BCUT2D eigenvalue weighted by Crippen LogP contribution is -2.33. The van der Waals surface area contributed by atoms with Gasteiger partial charge in [0, 0.05) is 5.56 Å². The van der Waals surface area contributed by atoms with E-state index < -0.39 is 6.10 Å². The van der Waals surface area contributed by atoms with Gasteiger partial charge in [0.2, 0.25) is 0 Å². The first-order valence-corrected chi connectivity index (χ1v) is 8.89. The zero-order valence-electron chi connectivity index (χ0n) is 14.9. The van der Waals surface area contributed by atoms with Crippen LogP contribution in [0.25, 0.3) is 0 Å². The largest absolute Gasteiger partial charge is 0.497 e. The van der Waals surface area contributed by atoms with Gasteiger partial charge in [0.25, 0.3) is 5.91 Å². The Morgan fingerprint density at radius 3 is 2.73 bits per heavy atom. The molecule has 0 heterocycles. The number of ether oxygens (including phenoxy) is 3. The molecule has 2 aromatic carbocycles. The molecule has 0 aliphatic carbocycles. The Morgan fingerprint density at radius 2 is 2.04 bits per heavy atom. The molecule has 1 N–H and O–H groups in total. The lowest BCUT2D eigenvalue weighted by atomic mass is 10.2. The number of nitrogens with one attached hydrogen (secondary N) is 1. The van der Waals surface area contributed by atoms with E-state index >= 15 is 0 Å². The van der Waals surface area contributed by atoms with Crippen molar-refractivity contribution < 1.29 is 19.0 Å². The third-order valence-electron chi connectivity index (χ3n) is 3.40. The minimum Gasteiger partial charge on any atom is -0.497 e. The number of nitrogens with zero attached hydrogens (tertiary/aromatic N) is 1. The molecule has 0 bridgehead atoms. The van der Waals surface area contributed by atoms with Gasteiger partial charge >= 0.3 is 0 Å². The SMILES string of the molecule is CCOc1ccc(OC)cc1/C=N\NC(=O)C(C)Oc1ccccc1Br. The monoisotopic (exact) mass is 420 g/mol. The Kier molecular flexibility index (Phi) is 7.47. The molecule has 0 saturated carbocycles. The molecular weight excluding hydrogens is 400 g/mol. The second-order valence-corrected chi connectivity index (χ2v) is 6.12. The van der Waals surface area contributed by atoms with Crippen molar-refractivity contribution in [3.05, 3.63) is 52.5 Å². The third kappa shape index (κ3) is 5.49. The van der Waals surface area contributed by atoms with Crippen molar-refractivity contribution >= 4 is 28.1 Å². The topological polar surface area (TPSA) is 69.2 Å². The second kappa shape index (κ2) is 9.82. The van der Waals surface area contributed by atoms with E-state index in [4.69, 9.17) is 14.2 Å². The van der Waals surface area contributed by atoms with Crippen molar-refractivity contribution in [2.45, 2.75) is 20.0 Å². The summed E-state index contributed by atoms with van der Waals surface area (Å²) in [6, 6.07) is 12.7. The summed E-state index contributed by atoms with van der Waals surface area (Å²) in [5, 5.41) is 3.99. The fourth-order valence-corrected chi connectivity index (χ4v) is 2.46. The van der Waals surface area contributed by atoms with Crippen LogP contribution >= 0.6 is 15.9 Å². The molecule has 7 heteroatoms. The number of carbonyl (C=O) groups is 1. The van der Waals surface area contributed by atoms with Crippen molar-refractivity contribution in [3.63, 3.8) is 0 Å². The van der Waals surface area contributed by atoms with Gasteiger partial charge in [-0.2, -0.15) is 5.10 Å². The van der Waals surface area contributed by atoms with Crippen LogP contribution in [0.5, 0.6) is 17.2 Å². The highest BCUT2D eigenvalue weighted by atomic mass is 79.9. The average Bonchev–Trinajstić information content (AvgIpc) is 2.64. The maximum Gasteiger partial charge on any atom is 0.280 e. The van der Waals surface area contributed by atoms with Gasteiger partial charge in [-0.1, -0.05) is 12.1 Å². The van der Waals surface area contributed by atoms with E-state index in [0.29, 0.717) is 29.4 Å². The molecule has 138 valence electrons. The Hall–Kier alpha value is -2.54. The average molecular weight is 421 g/mol. The van der Waals surface area contributed by atoms with Crippen molar-refractivity contribution in [2.75, 3.05) is 13.7 Å². The summed E-state index contributed by atoms with van der Waals surface area (Å²) in [5.41, 5.74) is 3.17. The predicted octanol–water partition coefficient (Wildman–Crippen LogP) is 3.77. The zero-order valence-corrected chi connectivity index (χ0v) is 16.4. The van der Waals surface area contributed by atoms with E-state index in [1.165, 1.54) is 6.21 Å². The Morgan fingerprint density at radius 1 is 1.27 bits per heavy atom. The third-order valence-corrected chi connectivity index (χ3v) is 4.06. The lowest BCUT2D eigenvalue weighted by Gasteiger charge is -2.14. The van der Waals surface area contributed by atoms with E-state index in [0.717, 1.165) is 4.47 Å². The Balaban J connectivity index is 2.01. The molecule has 1 atom stereocenters. The summed E-state index contributed by atoms with van der Waals surface area (Å²) < 4.78 is 17.2. The van der Waals surface area contributed by atoms with Crippen molar-refractivity contribution in [3.8, 4) is 17.2 Å². The maximum absolute atomic E-state index is 12.2. The quantitative estimate of drug-likeness (QED) is 0.521. The van der Waals surface area contributed by atoms with Crippen LogP contribution in [0.4, 0.5) is 0 Å². The number of para-hydroxylation sites is 1. The fourth-order valence-electron chi connectivity index (χ4n) is 2.08. The Bertz CT molecular complexity index is 780. The number of methoxy groups -OCH3 is 1. The minimum absolute atomic E-state index is 0.363. The Labute approximate surface area is 161 Å². The molecule has 26 heavy (non-hydrogen) atoms. The summed E-state index contributed by atoms with van der Waals surface area (Å²) in [7, 11) is 1.58. The number of amides is 1. The number of hydrogen-bond donors (Lipinski definition) is 1. The molecule has 2 rings (SSSR count). The molecule has 0 aliphatic rings. The number of benzene rings is 2. The number of carbonyl (C=O) groups excluding carboxylic acids is 1.